The number of hydrogen-bond donors (Lipinski definition) is 0. The Hall–Kier alpha value is -3.92. The zero-order chi connectivity index (χ0) is 26.4. The number of aromatic nitrogens is 4. The molecule has 0 radical (unpaired) electrons. The molecule has 0 saturated carbocycles. The second-order valence-electron chi connectivity index (χ2n) is 9.83. The molecule has 0 spiro atoms. The van der Waals surface area contributed by atoms with Crippen molar-refractivity contribution in [2.24, 2.45) is 0 Å². The lowest BCUT2D eigenvalue weighted by Crippen LogP contribution is -2.45. The number of nitrogens with zero attached hydrogens (tertiary/aromatic N) is 6. The molecule has 8 nitrogen and oxygen atoms in total. The fourth-order valence-electron chi connectivity index (χ4n) is 5.38. The molecule has 38 heavy (non-hydrogen) atoms. The Kier molecular flexibility index (Phi) is 6.27. The normalized spacial score (nSPS) is 16.1. The molecule has 196 valence electrons. The van der Waals surface area contributed by atoms with Crippen LogP contribution in [0.1, 0.15) is 47.4 Å². The molecule has 2 aliphatic rings. The lowest BCUT2D eigenvalue weighted by Gasteiger charge is -2.36. The van der Waals surface area contributed by atoms with E-state index in [9.17, 15) is 13.6 Å². The number of hydrogen-bond acceptors (Lipinski definition) is 7. The van der Waals surface area contributed by atoms with E-state index in [1.54, 1.807) is 37.5 Å². The molecule has 4 aromatic rings. The summed E-state index contributed by atoms with van der Waals surface area (Å²) in [5.41, 5.74) is 3.49. The fourth-order valence-corrected chi connectivity index (χ4v) is 5.38. The lowest BCUT2D eigenvalue weighted by atomic mass is 9.93. The van der Waals surface area contributed by atoms with Gasteiger partial charge in [-0.3, -0.25) is 9.67 Å². The van der Waals surface area contributed by atoms with Crippen LogP contribution in [0.3, 0.4) is 0 Å². The van der Waals surface area contributed by atoms with E-state index in [4.69, 9.17) is 4.74 Å². The van der Waals surface area contributed by atoms with Crippen molar-refractivity contribution in [2.75, 3.05) is 38.2 Å². The highest BCUT2D eigenvalue weighted by molar-refractivity contribution is 5.98. The minimum Gasteiger partial charge on any atom is -0.461 e. The molecule has 0 aliphatic carbocycles. The van der Waals surface area contributed by atoms with Crippen molar-refractivity contribution in [1.82, 2.24) is 24.6 Å². The van der Waals surface area contributed by atoms with E-state index >= 15 is 0 Å². The number of alkyl halides is 2. The SMILES string of the molecule is CCOC(=O)c1cc2cccnc2c(N2CCCc3cc(-c4cnn(C5CN(C)C5)c4)c(C(F)F)cc32)n1. The average Bonchev–Trinajstić information content (AvgIpc) is 3.39. The summed E-state index contributed by atoms with van der Waals surface area (Å²) in [6.45, 7) is 4.30. The highest BCUT2D eigenvalue weighted by Gasteiger charge is 2.29. The molecule has 10 heteroatoms. The van der Waals surface area contributed by atoms with Crippen LogP contribution >= 0.6 is 0 Å². The molecule has 0 unspecified atom stereocenters. The molecular weight excluding hydrogens is 490 g/mol. The third-order valence-electron chi connectivity index (χ3n) is 7.25. The summed E-state index contributed by atoms with van der Waals surface area (Å²) in [6, 6.07) is 8.98. The predicted octanol–water partition coefficient (Wildman–Crippen LogP) is 5.18. The van der Waals surface area contributed by atoms with Crippen molar-refractivity contribution in [3.8, 4) is 11.1 Å². The van der Waals surface area contributed by atoms with Gasteiger partial charge >= 0.3 is 5.97 Å². The molecule has 0 amide bonds. The molecule has 0 N–H and O–H groups in total. The first-order chi connectivity index (χ1) is 18.4. The number of anilines is 2. The Balaban J connectivity index is 1.45. The van der Waals surface area contributed by atoms with Crippen molar-refractivity contribution in [2.45, 2.75) is 32.2 Å². The first kappa shape index (κ1) is 24.4. The number of carbonyl (C=O) groups excluding carboxylic acids is 1. The van der Waals surface area contributed by atoms with E-state index < -0.39 is 12.4 Å². The van der Waals surface area contributed by atoms with Gasteiger partial charge in [0.15, 0.2) is 11.5 Å². The number of fused-ring (bicyclic) bond motifs is 2. The molecule has 1 saturated heterocycles. The Morgan fingerprint density at radius 1 is 1.24 bits per heavy atom. The van der Waals surface area contributed by atoms with Crippen molar-refractivity contribution >= 4 is 28.4 Å². The first-order valence-corrected chi connectivity index (χ1v) is 12.8. The van der Waals surface area contributed by atoms with Gasteiger partial charge in [0.25, 0.3) is 6.43 Å². The van der Waals surface area contributed by atoms with Gasteiger partial charge in [-0.05, 0) is 62.2 Å². The van der Waals surface area contributed by atoms with Crippen LogP contribution in [-0.4, -0.2) is 63.9 Å². The Morgan fingerprint density at radius 2 is 2.08 bits per heavy atom. The Bertz CT molecular complexity index is 1510. The van der Waals surface area contributed by atoms with Crippen molar-refractivity contribution < 1.29 is 18.3 Å². The van der Waals surface area contributed by atoms with E-state index in [0.717, 1.165) is 36.9 Å². The van der Waals surface area contributed by atoms with Crippen LogP contribution in [0.2, 0.25) is 0 Å². The fraction of sp³-hybridized carbons (Fsp3) is 0.357. The smallest absolute Gasteiger partial charge is 0.357 e. The second kappa shape index (κ2) is 9.75. The minimum atomic E-state index is -2.68. The van der Waals surface area contributed by atoms with Crippen molar-refractivity contribution in [3.05, 3.63) is 65.7 Å². The standard InChI is InChI=1S/C28H28F2N6O2/c1-3-38-28(37)23-11-18-6-4-8-31-25(18)27(33-23)35-9-5-7-17-10-21(22(26(29)30)12-24(17)35)19-13-32-36(14-19)20-15-34(2)16-20/h4,6,8,10-14,20,26H,3,5,7,9,15-16H2,1-2H3. The van der Waals surface area contributed by atoms with Crippen LogP contribution in [0.25, 0.3) is 22.0 Å². The molecule has 3 aromatic heterocycles. The number of likely N-dealkylation sites (N-methyl/N-ethyl adjacent to an activating group) is 1. The summed E-state index contributed by atoms with van der Waals surface area (Å²) >= 11 is 0. The number of ether oxygens (including phenoxy) is 1. The quantitative estimate of drug-likeness (QED) is 0.326. The van der Waals surface area contributed by atoms with Crippen molar-refractivity contribution in [3.63, 3.8) is 0 Å². The van der Waals surface area contributed by atoms with Crippen molar-refractivity contribution in [1.29, 1.82) is 0 Å². The lowest BCUT2D eigenvalue weighted by molar-refractivity contribution is 0.0520. The van der Waals surface area contributed by atoms with Crippen LogP contribution in [0.5, 0.6) is 0 Å². The molecule has 1 aromatic carbocycles. The van der Waals surface area contributed by atoms with Gasteiger partial charge in [-0.2, -0.15) is 5.10 Å². The molecular formula is C28H28F2N6O2. The van der Waals surface area contributed by atoms with E-state index in [2.05, 4.69) is 20.0 Å². The predicted molar refractivity (Wildman–Crippen MR) is 140 cm³/mol. The second-order valence-corrected chi connectivity index (χ2v) is 9.83. The number of rotatable bonds is 6. The van der Waals surface area contributed by atoms with Gasteiger partial charge in [0.2, 0.25) is 0 Å². The van der Waals surface area contributed by atoms with Gasteiger partial charge in [0.1, 0.15) is 5.52 Å². The summed E-state index contributed by atoms with van der Waals surface area (Å²) in [4.78, 5) is 25.8. The zero-order valence-corrected chi connectivity index (χ0v) is 21.3. The Labute approximate surface area is 218 Å². The van der Waals surface area contributed by atoms with Gasteiger partial charge in [-0.25, -0.2) is 18.6 Å². The number of aryl methyl sites for hydroxylation is 1. The Morgan fingerprint density at radius 3 is 2.84 bits per heavy atom. The highest BCUT2D eigenvalue weighted by atomic mass is 19.3. The maximum absolute atomic E-state index is 14.5. The van der Waals surface area contributed by atoms with Gasteiger partial charge in [0, 0.05) is 54.2 Å². The van der Waals surface area contributed by atoms with Crippen LogP contribution in [0.15, 0.2) is 48.9 Å². The van der Waals surface area contributed by atoms with Crippen LogP contribution < -0.4 is 4.90 Å². The van der Waals surface area contributed by atoms with Crippen LogP contribution in [0, 0.1) is 0 Å². The number of carbonyl (C=O) groups is 1. The summed E-state index contributed by atoms with van der Waals surface area (Å²) in [7, 11) is 2.04. The van der Waals surface area contributed by atoms with E-state index in [1.807, 2.05) is 35.0 Å². The summed E-state index contributed by atoms with van der Waals surface area (Å²) < 4.78 is 36.0. The van der Waals surface area contributed by atoms with Crippen LogP contribution in [0.4, 0.5) is 20.3 Å². The maximum atomic E-state index is 14.5. The highest BCUT2D eigenvalue weighted by Crippen LogP contribution is 2.42. The van der Waals surface area contributed by atoms with E-state index in [1.165, 1.54) is 0 Å². The largest absolute Gasteiger partial charge is 0.461 e. The zero-order valence-electron chi connectivity index (χ0n) is 21.3. The average molecular weight is 519 g/mol. The third-order valence-corrected chi connectivity index (χ3v) is 7.25. The van der Waals surface area contributed by atoms with E-state index in [0.29, 0.717) is 34.7 Å². The summed E-state index contributed by atoms with van der Waals surface area (Å²) in [6.07, 6.45) is 4.07. The molecule has 6 rings (SSSR count). The monoisotopic (exact) mass is 518 g/mol. The number of halogens is 2. The summed E-state index contributed by atoms with van der Waals surface area (Å²) in [5.74, 6) is -0.0722. The third kappa shape index (κ3) is 4.28. The number of likely N-dealkylation sites (tertiary alicyclic amines) is 1. The number of benzene rings is 1. The first-order valence-electron chi connectivity index (χ1n) is 12.8. The minimum absolute atomic E-state index is 0.0558. The van der Waals surface area contributed by atoms with E-state index in [-0.39, 0.29) is 23.9 Å². The number of pyridine rings is 2. The molecule has 5 heterocycles. The molecule has 2 aliphatic heterocycles. The van der Waals surface area contributed by atoms with Gasteiger partial charge in [-0.15, -0.1) is 0 Å². The molecule has 1 fully saturated rings. The number of esters is 1. The molecule has 0 bridgehead atoms. The van der Waals surface area contributed by atoms with Gasteiger partial charge in [-0.1, -0.05) is 6.07 Å². The summed E-state index contributed by atoms with van der Waals surface area (Å²) in [5, 5.41) is 5.20. The van der Waals surface area contributed by atoms with Crippen LogP contribution in [-0.2, 0) is 11.2 Å². The van der Waals surface area contributed by atoms with Gasteiger partial charge in [0.05, 0.1) is 18.8 Å². The molecule has 0 atom stereocenters. The maximum Gasteiger partial charge on any atom is 0.357 e. The van der Waals surface area contributed by atoms with Gasteiger partial charge < -0.3 is 14.5 Å². The topological polar surface area (TPSA) is 76.4 Å².